The lowest BCUT2D eigenvalue weighted by Crippen LogP contribution is -2.40. The summed E-state index contributed by atoms with van der Waals surface area (Å²) in [7, 11) is 0. The molecular formula is C14H20N2OS. The summed E-state index contributed by atoms with van der Waals surface area (Å²) in [6.07, 6.45) is 1.66. The molecule has 2 aliphatic rings. The van der Waals surface area contributed by atoms with Crippen molar-refractivity contribution in [3.05, 3.63) is 22.4 Å². The highest BCUT2D eigenvalue weighted by atomic mass is 32.1. The van der Waals surface area contributed by atoms with Gasteiger partial charge in [0, 0.05) is 25.7 Å². The van der Waals surface area contributed by atoms with Crippen molar-refractivity contribution in [1.29, 1.82) is 0 Å². The molecule has 0 radical (unpaired) electrons. The molecular weight excluding hydrogens is 244 g/mol. The Bertz CT molecular complexity index is 417. The number of hydrogen-bond acceptors (Lipinski definition) is 3. The average Bonchev–Trinajstić information content (AvgIpc) is 3.03. The lowest BCUT2D eigenvalue weighted by atomic mass is 9.93. The Morgan fingerprint density at radius 1 is 1.56 bits per heavy atom. The van der Waals surface area contributed by atoms with E-state index in [4.69, 9.17) is 0 Å². The normalized spacial score (nSPS) is 30.7. The predicted octanol–water partition coefficient (Wildman–Crippen LogP) is 1.75. The Morgan fingerprint density at radius 2 is 2.44 bits per heavy atom. The minimum absolute atomic E-state index is 0.314. The average molecular weight is 264 g/mol. The smallest absolute Gasteiger partial charge is 0.227 e. The van der Waals surface area contributed by atoms with E-state index >= 15 is 0 Å². The van der Waals surface area contributed by atoms with Gasteiger partial charge in [-0.3, -0.25) is 4.79 Å². The van der Waals surface area contributed by atoms with E-state index in [2.05, 4.69) is 28.6 Å². The van der Waals surface area contributed by atoms with E-state index in [0.717, 1.165) is 31.6 Å². The molecule has 0 saturated carbocycles. The van der Waals surface area contributed by atoms with Crippen molar-refractivity contribution in [2.45, 2.75) is 25.8 Å². The second-order valence-electron chi connectivity index (χ2n) is 5.41. The molecule has 0 spiro atoms. The molecule has 4 heteroatoms. The number of rotatable bonds is 3. The Hall–Kier alpha value is -0.870. The predicted molar refractivity (Wildman–Crippen MR) is 73.7 cm³/mol. The van der Waals surface area contributed by atoms with E-state index in [1.807, 2.05) is 5.38 Å². The lowest BCUT2D eigenvalue weighted by molar-refractivity contribution is -0.131. The van der Waals surface area contributed by atoms with Gasteiger partial charge < -0.3 is 10.2 Å². The van der Waals surface area contributed by atoms with E-state index in [0.29, 0.717) is 30.2 Å². The minimum atomic E-state index is 0.314. The number of likely N-dealkylation sites (tertiary alicyclic amines) is 1. The molecule has 2 aliphatic heterocycles. The fraction of sp³-hybridized carbons (Fsp3) is 0.643. The van der Waals surface area contributed by atoms with E-state index in [9.17, 15) is 4.79 Å². The highest BCUT2D eigenvalue weighted by Crippen LogP contribution is 2.34. The maximum absolute atomic E-state index is 12.4. The fourth-order valence-electron chi connectivity index (χ4n) is 3.50. The van der Waals surface area contributed by atoms with Crippen molar-refractivity contribution < 1.29 is 4.79 Å². The summed E-state index contributed by atoms with van der Waals surface area (Å²) in [5.74, 6) is 1.68. The van der Waals surface area contributed by atoms with E-state index < -0.39 is 0 Å². The first-order chi connectivity index (χ1) is 8.79. The minimum Gasteiger partial charge on any atom is -0.339 e. The molecule has 1 aromatic rings. The van der Waals surface area contributed by atoms with E-state index in [-0.39, 0.29) is 0 Å². The summed E-state index contributed by atoms with van der Waals surface area (Å²) in [6.45, 7) is 5.34. The monoisotopic (exact) mass is 264 g/mol. The summed E-state index contributed by atoms with van der Waals surface area (Å²) in [5.41, 5.74) is 1.16. The van der Waals surface area contributed by atoms with Gasteiger partial charge in [-0.1, -0.05) is 6.92 Å². The molecule has 3 nitrogen and oxygen atoms in total. The number of thiophene rings is 1. The van der Waals surface area contributed by atoms with E-state index in [1.54, 1.807) is 11.3 Å². The molecule has 3 heterocycles. The number of nitrogens with zero attached hydrogens (tertiary/aromatic N) is 1. The molecule has 2 saturated heterocycles. The SMILES string of the molecule is CCC1C2CNCC2CN1C(=O)Cc1ccsc1. The number of fused-ring (bicyclic) bond motifs is 1. The number of carbonyl (C=O) groups is 1. The first-order valence-corrected chi connectivity index (χ1v) is 7.75. The number of nitrogens with one attached hydrogen (secondary N) is 1. The van der Waals surface area contributed by atoms with Gasteiger partial charge in [0.2, 0.25) is 5.91 Å². The topological polar surface area (TPSA) is 32.3 Å². The Balaban J connectivity index is 1.70. The van der Waals surface area contributed by atoms with Crippen molar-refractivity contribution in [1.82, 2.24) is 10.2 Å². The molecule has 3 atom stereocenters. The molecule has 18 heavy (non-hydrogen) atoms. The van der Waals surface area contributed by atoms with Gasteiger partial charge in [-0.2, -0.15) is 11.3 Å². The van der Waals surface area contributed by atoms with Crippen LogP contribution >= 0.6 is 11.3 Å². The molecule has 1 amide bonds. The van der Waals surface area contributed by atoms with Gasteiger partial charge in [0.05, 0.1) is 6.42 Å². The van der Waals surface area contributed by atoms with Gasteiger partial charge in [-0.25, -0.2) is 0 Å². The van der Waals surface area contributed by atoms with Gasteiger partial charge in [0.1, 0.15) is 0 Å². The van der Waals surface area contributed by atoms with Crippen LogP contribution < -0.4 is 5.32 Å². The van der Waals surface area contributed by atoms with Crippen LogP contribution in [-0.2, 0) is 11.2 Å². The highest BCUT2D eigenvalue weighted by molar-refractivity contribution is 7.07. The summed E-state index contributed by atoms with van der Waals surface area (Å²) in [4.78, 5) is 14.6. The van der Waals surface area contributed by atoms with Gasteiger partial charge in [-0.05, 0) is 40.6 Å². The van der Waals surface area contributed by atoms with Crippen molar-refractivity contribution in [3.8, 4) is 0 Å². The molecule has 0 bridgehead atoms. The number of carbonyl (C=O) groups excluding carboxylic acids is 1. The summed E-state index contributed by atoms with van der Waals surface area (Å²) in [6, 6.07) is 2.51. The number of amides is 1. The van der Waals surface area contributed by atoms with Gasteiger partial charge >= 0.3 is 0 Å². The Morgan fingerprint density at radius 3 is 3.17 bits per heavy atom. The second kappa shape index (κ2) is 5.02. The maximum Gasteiger partial charge on any atom is 0.227 e. The molecule has 2 fully saturated rings. The van der Waals surface area contributed by atoms with Gasteiger partial charge in [0.25, 0.3) is 0 Å². The quantitative estimate of drug-likeness (QED) is 0.902. The van der Waals surface area contributed by atoms with Crippen molar-refractivity contribution in [2.75, 3.05) is 19.6 Å². The molecule has 3 unspecified atom stereocenters. The zero-order chi connectivity index (χ0) is 12.5. The van der Waals surface area contributed by atoms with E-state index in [1.165, 1.54) is 0 Å². The largest absolute Gasteiger partial charge is 0.339 e. The lowest BCUT2D eigenvalue weighted by Gasteiger charge is -2.27. The van der Waals surface area contributed by atoms with Crippen LogP contribution in [0.15, 0.2) is 16.8 Å². The second-order valence-corrected chi connectivity index (χ2v) is 6.19. The summed E-state index contributed by atoms with van der Waals surface area (Å²) >= 11 is 1.67. The van der Waals surface area contributed by atoms with Crippen LogP contribution in [0.2, 0.25) is 0 Å². The van der Waals surface area contributed by atoms with Crippen molar-refractivity contribution >= 4 is 17.2 Å². The van der Waals surface area contributed by atoms with Gasteiger partial charge in [-0.15, -0.1) is 0 Å². The molecule has 1 N–H and O–H groups in total. The highest BCUT2D eigenvalue weighted by Gasteiger charge is 2.44. The Labute approximate surface area is 112 Å². The Kier molecular flexibility index (Phi) is 3.39. The standard InChI is InChI=1S/C14H20N2OS/c1-2-13-12-7-15-6-11(12)8-16(13)14(17)5-10-3-4-18-9-10/h3-4,9,11-13,15H,2,5-8H2,1H3. The maximum atomic E-state index is 12.4. The van der Waals surface area contributed by atoms with Crippen molar-refractivity contribution in [3.63, 3.8) is 0 Å². The van der Waals surface area contributed by atoms with Crippen LogP contribution in [0.25, 0.3) is 0 Å². The molecule has 0 aromatic carbocycles. The molecule has 0 aliphatic carbocycles. The molecule has 1 aromatic heterocycles. The third kappa shape index (κ3) is 2.08. The third-order valence-corrected chi connectivity index (χ3v) is 5.12. The van der Waals surface area contributed by atoms with Crippen molar-refractivity contribution in [2.24, 2.45) is 11.8 Å². The molecule has 3 rings (SSSR count). The third-order valence-electron chi connectivity index (χ3n) is 4.39. The molecule has 98 valence electrons. The fourth-order valence-corrected chi connectivity index (χ4v) is 4.17. The van der Waals surface area contributed by atoms with Crippen LogP contribution in [0, 0.1) is 11.8 Å². The zero-order valence-corrected chi connectivity index (χ0v) is 11.6. The first kappa shape index (κ1) is 12.2. The van der Waals surface area contributed by atoms with Crippen LogP contribution in [0.5, 0.6) is 0 Å². The van der Waals surface area contributed by atoms with Gasteiger partial charge in [0.15, 0.2) is 0 Å². The van der Waals surface area contributed by atoms with Crippen LogP contribution in [0.3, 0.4) is 0 Å². The zero-order valence-electron chi connectivity index (χ0n) is 10.8. The van der Waals surface area contributed by atoms with Crippen LogP contribution in [0.1, 0.15) is 18.9 Å². The van der Waals surface area contributed by atoms with Crippen LogP contribution in [0.4, 0.5) is 0 Å². The summed E-state index contributed by atoms with van der Waals surface area (Å²) < 4.78 is 0. The summed E-state index contributed by atoms with van der Waals surface area (Å²) in [5, 5.41) is 7.58. The first-order valence-electron chi connectivity index (χ1n) is 6.81. The number of hydrogen-bond donors (Lipinski definition) is 1. The van der Waals surface area contributed by atoms with Crippen LogP contribution in [-0.4, -0.2) is 36.5 Å².